The first-order chi connectivity index (χ1) is 5.41. The van der Waals surface area contributed by atoms with Gasteiger partial charge >= 0.3 is 0 Å². The highest BCUT2D eigenvalue weighted by Crippen LogP contribution is 1.88. The number of unbranched alkanes of at least 4 members (excludes halogenated alkanes) is 1. The van der Waals surface area contributed by atoms with Crippen LogP contribution in [0.5, 0.6) is 0 Å². The molecule has 0 N–H and O–H groups in total. The van der Waals surface area contributed by atoms with E-state index in [1.807, 2.05) is 12.2 Å². The predicted octanol–water partition coefficient (Wildman–Crippen LogP) is 2.56. The van der Waals surface area contributed by atoms with Gasteiger partial charge in [0.25, 0.3) is 0 Å². The van der Waals surface area contributed by atoms with Crippen molar-refractivity contribution < 1.29 is 4.79 Å². The first-order valence-corrected chi connectivity index (χ1v) is 3.77. The minimum Gasteiger partial charge on any atom is -0.286 e. The van der Waals surface area contributed by atoms with Crippen molar-refractivity contribution in [3.63, 3.8) is 0 Å². The highest BCUT2D eigenvalue weighted by Gasteiger charge is 1.68. The van der Waals surface area contributed by atoms with E-state index in [2.05, 4.69) is 13.0 Å². The van der Waals surface area contributed by atoms with Gasteiger partial charge in [-0.3, -0.25) is 4.79 Å². The van der Waals surface area contributed by atoms with Crippen molar-refractivity contribution in [1.29, 1.82) is 0 Å². The largest absolute Gasteiger partial charge is 0.286 e. The number of hydrogen-bond acceptors (Lipinski definition) is 1. The van der Waals surface area contributed by atoms with Crippen molar-refractivity contribution in [2.75, 3.05) is 0 Å². The molecule has 1 radical (unpaired) electrons. The first-order valence-electron chi connectivity index (χ1n) is 3.77. The van der Waals surface area contributed by atoms with E-state index in [-0.39, 0.29) is 0 Å². The second kappa shape index (κ2) is 8.89. The zero-order valence-electron chi connectivity index (χ0n) is 6.79. The van der Waals surface area contributed by atoms with Crippen molar-refractivity contribution in [3.05, 3.63) is 36.5 Å². The Kier molecular flexibility index (Phi) is 7.99. The minimum absolute atomic E-state index is 1.11. The molecule has 0 rings (SSSR count). The Morgan fingerprint density at radius 3 is 2.55 bits per heavy atom. The van der Waals surface area contributed by atoms with Crippen LogP contribution in [0.4, 0.5) is 0 Å². The molecule has 1 nitrogen and oxygen atoms in total. The number of hydrogen-bond donors (Lipinski definition) is 0. The van der Waals surface area contributed by atoms with Gasteiger partial charge in [-0.15, -0.1) is 0 Å². The predicted molar refractivity (Wildman–Crippen MR) is 48.0 cm³/mol. The standard InChI is InChI=1S/C10H13O/c1-2-3-4-5-6-7-8-9-10-11/h4-9H,2-3H2,1H3/b5-4-,7-6+,9-8-. The first kappa shape index (κ1) is 9.89. The lowest BCUT2D eigenvalue weighted by atomic mass is 10.3. The smallest absolute Gasteiger partial charge is 0.225 e. The van der Waals surface area contributed by atoms with E-state index in [9.17, 15) is 4.79 Å². The summed E-state index contributed by atoms with van der Waals surface area (Å²) in [7, 11) is 0. The van der Waals surface area contributed by atoms with E-state index in [0.29, 0.717) is 0 Å². The molecule has 0 fully saturated rings. The summed E-state index contributed by atoms with van der Waals surface area (Å²) in [5.74, 6) is 0. The average molecular weight is 149 g/mol. The molecule has 0 bridgehead atoms. The number of carbonyl (C=O) groups excluding carboxylic acids is 1. The van der Waals surface area contributed by atoms with Crippen LogP contribution < -0.4 is 0 Å². The van der Waals surface area contributed by atoms with E-state index in [1.54, 1.807) is 18.4 Å². The summed E-state index contributed by atoms with van der Waals surface area (Å²) in [6.07, 6.45) is 14.7. The third kappa shape index (κ3) is 8.89. The molecule has 0 unspecified atom stereocenters. The van der Waals surface area contributed by atoms with Crippen LogP contribution in [0.15, 0.2) is 36.5 Å². The summed E-state index contributed by atoms with van der Waals surface area (Å²) in [5, 5.41) is 0. The topological polar surface area (TPSA) is 17.1 Å². The SMILES string of the molecule is CCC\C=C/C=C/C=C\[C]=O. The van der Waals surface area contributed by atoms with Gasteiger partial charge in [0.2, 0.25) is 6.29 Å². The molecule has 0 heterocycles. The van der Waals surface area contributed by atoms with E-state index in [4.69, 9.17) is 0 Å². The van der Waals surface area contributed by atoms with Crippen LogP contribution in [0, 0.1) is 0 Å². The average Bonchev–Trinajstić information content (AvgIpc) is 2.03. The zero-order valence-corrected chi connectivity index (χ0v) is 6.79. The number of rotatable bonds is 5. The molecule has 0 aromatic rings. The van der Waals surface area contributed by atoms with Crippen LogP contribution in [-0.4, -0.2) is 6.29 Å². The molecule has 11 heavy (non-hydrogen) atoms. The Morgan fingerprint density at radius 1 is 1.18 bits per heavy atom. The van der Waals surface area contributed by atoms with E-state index < -0.39 is 0 Å². The van der Waals surface area contributed by atoms with Crippen LogP contribution in [0.2, 0.25) is 0 Å². The summed E-state index contributed by atoms with van der Waals surface area (Å²) in [6, 6.07) is 0. The van der Waals surface area contributed by atoms with Gasteiger partial charge in [0.1, 0.15) is 0 Å². The molecule has 0 atom stereocenters. The Balaban J connectivity index is 3.42. The van der Waals surface area contributed by atoms with E-state index in [1.165, 1.54) is 12.5 Å². The highest BCUT2D eigenvalue weighted by molar-refractivity contribution is 5.66. The van der Waals surface area contributed by atoms with Gasteiger partial charge in [0, 0.05) is 0 Å². The fourth-order valence-electron chi connectivity index (χ4n) is 0.565. The Hall–Kier alpha value is -1.11. The van der Waals surface area contributed by atoms with Crippen molar-refractivity contribution in [2.24, 2.45) is 0 Å². The second-order valence-corrected chi connectivity index (χ2v) is 2.08. The molecule has 0 saturated heterocycles. The molecule has 0 aromatic heterocycles. The van der Waals surface area contributed by atoms with Crippen LogP contribution in [0.25, 0.3) is 0 Å². The molecule has 0 aliphatic heterocycles. The molecular weight excluding hydrogens is 136 g/mol. The molecule has 0 saturated carbocycles. The Labute approximate surface area is 68.1 Å². The summed E-state index contributed by atoms with van der Waals surface area (Å²) in [5.41, 5.74) is 0. The minimum atomic E-state index is 1.11. The molecule has 0 aliphatic rings. The third-order valence-electron chi connectivity index (χ3n) is 1.09. The van der Waals surface area contributed by atoms with Gasteiger partial charge in [-0.05, 0) is 12.5 Å². The monoisotopic (exact) mass is 149 g/mol. The lowest BCUT2D eigenvalue weighted by molar-refractivity contribution is 0.564. The Morgan fingerprint density at radius 2 is 1.91 bits per heavy atom. The molecule has 1 heteroatoms. The summed E-state index contributed by atoms with van der Waals surface area (Å²) in [6.45, 7) is 2.13. The normalized spacial score (nSPS) is 12.1. The van der Waals surface area contributed by atoms with Crippen molar-refractivity contribution in [2.45, 2.75) is 19.8 Å². The number of allylic oxidation sites excluding steroid dienone is 6. The van der Waals surface area contributed by atoms with Gasteiger partial charge in [0.15, 0.2) is 0 Å². The van der Waals surface area contributed by atoms with Crippen molar-refractivity contribution >= 4 is 6.29 Å². The van der Waals surface area contributed by atoms with E-state index in [0.717, 1.165) is 6.42 Å². The molecule has 0 aromatic carbocycles. The van der Waals surface area contributed by atoms with Gasteiger partial charge in [-0.1, -0.05) is 43.7 Å². The van der Waals surface area contributed by atoms with Crippen molar-refractivity contribution in [1.82, 2.24) is 0 Å². The maximum atomic E-state index is 9.68. The maximum absolute atomic E-state index is 9.68. The summed E-state index contributed by atoms with van der Waals surface area (Å²) in [4.78, 5) is 9.68. The van der Waals surface area contributed by atoms with E-state index >= 15 is 0 Å². The van der Waals surface area contributed by atoms with Crippen LogP contribution in [0.1, 0.15) is 19.8 Å². The van der Waals surface area contributed by atoms with Crippen LogP contribution >= 0.6 is 0 Å². The summed E-state index contributed by atoms with van der Waals surface area (Å²) < 4.78 is 0. The quantitative estimate of drug-likeness (QED) is 0.433. The van der Waals surface area contributed by atoms with Gasteiger partial charge in [-0.2, -0.15) is 0 Å². The lowest BCUT2D eigenvalue weighted by Gasteiger charge is -1.78. The fourth-order valence-corrected chi connectivity index (χ4v) is 0.565. The van der Waals surface area contributed by atoms with Crippen LogP contribution in [0.3, 0.4) is 0 Å². The Bertz CT molecular complexity index is 164. The second-order valence-electron chi connectivity index (χ2n) is 2.08. The van der Waals surface area contributed by atoms with Gasteiger partial charge < -0.3 is 0 Å². The molecule has 59 valence electrons. The lowest BCUT2D eigenvalue weighted by Crippen LogP contribution is -1.59. The third-order valence-corrected chi connectivity index (χ3v) is 1.09. The molecular formula is C10H13O. The van der Waals surface area contributed by atoms with Gasteiger partial charge in [0.05, 0.1) is 0 Å². The maximum Gasteiger partial charge on any atom is 0.225 e. The molecule has 0 aliphatic carbocycles. The van der Waals surface area contributed by atoms with Crippen molar-refractivity contribution in [3.8, 4) is 0 Å². The zero-order chi connectivity index (χ0) is 8.36. The summed E-state index contributed by atoms with van der Waals surface area (Å²) >= 11 is 0. The van der Waals surface area contributed by atoms with Crippen LogP contribution in [-0.2, 0) is 4.79 Å². The fraction of sp³-hybridized carbons (Fsp3) is 0.300. The van der Waals surface area contributed by atoms with Gasteiger partial charge in [-0.25, -0.2) is 0 Å². The molecule has 0 spiro atoms. The highest BCUT2D eigenvalue weighted by atomic mass is 16.1. The molecule has 0 amide bonds.